The fourth-order valence-corrected chi connectivity index (χ4v) is 2.51. The summed E-state index contributed by atoms with van der Waals surface area (Å²) in [5.74, 6) is 0.707. The molecule has 0 amide bonds. The van der Waals surface area contributed by atoms with Gasteiger partial charge in [0.05, 0.1) is 23.9 Å². The minimum Gasteiger partial charge on any atom is -0.469 e. The van der Waals surface area contributed by atoms with Crippen molar-refractivity contribution >= 4 is 22.1 Å². The van der Waals surface area contributed by atoms with Crippen LogP contribution >= 0.6 is 11.3 Å². The number of nitrogens with zero attached hydrogens (tertiary/aromatic N) is 2. The van der Waals surface area contributed by atoms with Gasteiger partial charge in [-0.15, -0.1) is 11.3 Å². The van der Waals surface area contributed by atoms with E-state index in [-0.39, 0.29) is 5.78 Å². The molecule has 0 aliphatic heterocycles. The normalized spacial score (nSPS) is 11.1. The summed E-state index contributed by atoms with van der Waals surface area (Å²) >= 11 is 1.56. The van der Waals surface area contributed by atoms with E-state index in [2.05, 4.69) is 4.98 Å². The molecule has 0 fully saturated rings. The van der Waals surface area contributed by atoms with Gasteiger partial charge in [0, 0.05) is 17.8 Å². The fraction of sp³-hybridized carbons (Fsp3) is 0.167. The van der Waals surface area contributed by atoms with Gasteiger partial charge in [0.1, 0.15) is 5.76 Å². The zero-order valence-electron chi connectivity index (χ0n) is 9.21. The monoisotopic (exact) mass is 246 g/mol. The number of hydrogen-bond acceptors (Lipinski definition) is 4. The molecule has 86 valence electrons. The highest BCUT2D eigenvalue weighted by atomic mass is 32.1. The Bertz CT molecular complexity index is 649. The lowest BCUT2D eigenvalue weighted by atomic mass is 10.1. The summed E-state index contributed by atoms with van der Waals surface area (Å²) < 4.78 is 7.05. The van der Waals surface area contributed by atoms with Crippen molar-refractivity contribution in [3.63, 3.8) is 0 Å². The lowest BCUT2D eigenvalue weighted by molar-refractivity contribution is 0.0990. The van der Waals surface area contributed by atoms with Gasteiger partial charge in [0.25, 0.3) is 0 Å². The first-order valence-corrected chi connectivity index (χ1v) is 6.10. The second-order valence-corrected chi connectivity index (χ2v) is 4.69. The number of imidazole rings is 1. The van der Waals surface area contributed by atoms with Crippen LogP contribution < -0.4 is 0 Å². The van der Waals surface area contributed by atoms with E-state index in [4.69, 9.17) is 4.42 Å². The average Bonchev–Trinajstić information content (AvgIpc) is 2.92. The number of carbonyl (C=O) groups is 1. The van der Waals surface area contributed by atoms with Crippen LogP contribution in [-0.2, 0) is 6.42 Å². The molecule has 0 aliphatic rings. The Morgan fingerprint density at radius 1 is 1.59 bits per heavy atom. The highest BCUT2D eigenvalue weighted by Gasteiger charge is 2.14. The molecule has 0 unspecified atom stereocenters. The predicted molar refractivity (Wildman–Crippen MR) is 64.5 cm³/mol. The van der Waals surface area contributed by atoms with E-state index in [1.54, 1.807) is 24.3 Å². The van der Waals surface area contributed by atoms with E-state index in [0.717, 1.165) is 10.7 Å². The van der Waals surface area contributed by atoms with Crippen LogP contribution in [0.4, 0.5) is 0 Å². The van der Waals surface area contributed by atoms with Crippen molar-refractivity contribution in [1.29, 1.82) is 0 Å². The number of fused-ring (bicyclic) bond motifs is 1. The summed E-state index contributed by atoms with van der Waals surface area (Å²) in [5, 5.41) is 1.97. The molecule has 0 saturated heterocycles. The lowest BCUT2D eigenvalue weighted by Crippen LogP contribution is -2.03. The minimum atomic E-state index is 0.0435. The number of aromatic nitrogens is 2. The summed E-state index contributed by atoms with van der Waals surface area (Å²) in [7, 11) is 0. The summed E-state index contributed by atoms with van der Waals surface area (Å²) in [6, 6.07) is 1.70. The van der Waals surface area contributed by atoms with Gasteiger partial charge < -0.3 is 4.42 Å². The van der Waals surface area contributed by atoms with Crippen molar-refractivity contribution in [2.75, 3.05) is 0 Å². The van der Waals surface area contributed by atoms with E-state index in [1.165, 1.54) is 6.26 Å². The molecule has 3 rings (SSSR count). The molecule has 0 N–H and O–H groups in total. The molecule has 0 bridgehead atoms. The van der Waals surface area contributed by atoms with Crippen LogP contribution in [0.25, 0.3) is 4.96 Å². The number of furan rings is 1. The third kappa shape index (κ3) is 1.78. The van der Waals surface area contributed by atoms with Crippen molar-refractivity contribution in [3.05, 3.63) is 47.1 Å². The molecule has 0 radical (unpaired) electrons. The molecular formula is C12H10N2O2S. The first kappa shape index (κ1) is 10.3. The molecule has 4 nitrogen and oxygen atoms in total. The zero-order valence-corrected chi connectivity index (χ0v) is 10.0. The van der Waals surface area contributed by atoms with Crippen molar-refractivity contribution in [1.82, 2.24) is 9.38 Å². The first-order chi connectivity index (χ1) is 8.24. The second kappa shape index (κ2) is 3.85. The number of rotatable bonds is 3. The Hall–Kier alpha value is -1.88. The van der Waals surface area contributed by atoms with Gasteiger partial charge in [-0.1, -0.05) is 0 Å². The van der Waals surface area contributed by atoms with E-state index in [9.17, 15) is 4.79 Å². The van der Waals surface area contributed by atoms with Crippen molar-refractivity contribution < 1.29 is 9.21 Å². The zero-order chi connectivity index (χ0) is 11.8. The smallest absolute Gasteiger partial charge is 0.193 e. The highest BCUT2D eigenvalue weighted by molar-refractivity contribution is 7.15. The van der Waals surface area contributed by atoms with Gasteiger partial charge in [-0.2, -0.15) is 0 Å². The Morgan fingerprint density at radius 2 is 2.47 bits per heavy atom. The molecule has 0 spiro atoms. The Kier molecular flexibility index (Phi) is 2.33. The number of Topliss-reactive ketones (excluding diaryl/α,β-unsaturated/α-hetero) is 1. The average molecular weight is 246 g/mol. The van der Waals surface area contributed by atoms with Crippen LogP contribution in [0.2, 0.25) is 0 Å². The summed E-state index contributed by atoms with van der Waals surface area (Å²) in [6.45, 7) is 1.79. The third-order valence-electron chi connectivity index (χ3n) is 2.64. The third-order valence-corrected chi connectivity index (χ3v) is 3.41. The van der Waals surface area contributed by atoms with Crippen LogP contribution in [0.1, 0.15) is 21.8 Å². The van der Waals surface area contributed by atoms with Crippen LogP contribution in [0.3, 0.4) is 0 Å². The number of carbonyl (C=O) groups excluding carboxylic acids is 1. The largest absolute Gasteiger partial charge is 0.469 e. The maximum Gasteiger partial charge on any atom is 0.193 e. The summed E-state index contributed by atoms with van der Waals surface area (Å²) in [4.78, 5) is 17.3. The van der Waals surface area contributed by atoms with E-state index in [1.807, 2.05) is 22.2 Å². The van der Waals surface area contributed by atoms with Gasteiger partial charge in [-0.05, 0) is 13.0 Å². The molecule has 0 saturated carbocycles. The quantitative estimate of drug-likeness (QED) is 0.667. The highest BCUT2D eigenvalue weighted by Crippen LogP contribution is 2.15. The maximum atomic E-state index is 12.0. The molecule has 17 heavy (non-hydrogen) atoms. The van der Waals surface area contributed by atoms with Gasteiger partial charge >= 0.3 is 0 Å². The summed E-state index contributed by atoms with van der Waals surface area (Å²) in [5.41, 5.74) is 1.43. The van der Waals surface area contributed by atoms with E-state index in [0.29, 0.717) is 17.7 Å². The number of ketones is 1. The number of thiazole rings is 1. The molecule has 5 heteroatoms. The first-order valence-electron chi connectivity index (χ1n) is 5.22. The molecule has 3 heterocycles. The molecular weight excluding hydrogens is 236 g/mol. The molecule has 3 aromatic heterocycles. The van der Waals surface area contributed by atoms with E-state index >= 15 is 0 Å². The van der Waals surface area contributed by atoms with Crippen LogP contribution in [0.5, 0.6) is 0 Å². The molecule has 0 aliphatic carbocycles. The van der Waals surface area contributed by atoms with Crippen LogP contribution in [-0.4, -0.2) is 15.2 Å². The molecule has 0 atom stereocenters. The van der Waals surface area contributed by atoms with E-state index < -0.39 is 0 Å². The Morgan fingerprint density at radius 3 is 3.18 bits per heavy atom. The molecule has 3 aromatic rings. The SMILES string of the molecule is Cc1occc1C(=O)Cc1cn2ccsc2n1. The van der Waals surface area contributed by atoms with Crippen molar-refractivity contribution in [2.24, 2.45) is 0 Å². The van der Waals surface area contributed by atoms with Crippen molar-refractivity contribution in [3.8, 4) is 0 Å². The topological polar surface area (TPSA) is 47.5 Å². The van der Waals surface area contributed by atoms with Crippen LogP contribution in [0.15, 0.2) is 34.5 Å². The predicted octanol–water partition coefficient (Wildman–Crippen LogP) is 2.72. The summed E-state index contributed by atoms with van der Waals surface area (Å²) in [6.07, 6.45) is 5.67. The minimum absolute atomic E-state index is 0.0435. The lowest BCUT2D eigenvalue weighted by Gasteiger charge is -1.95. The Balaban J connectivity index is 1.86. The van der Waals surface area contributed by atoms with Crippen molar-refractivity contribution in [2.45, 2.75) is 13.3 Å². The standard InChI is InChI=1S/C12H10N2O2S/c1-8-10(2-4-16-8)11(15)6-9-7-14-3-5-17-12(14)13-9/h2-5,7H,6H2,1H3. The Labute approximate surface area is 102 Å². The van der Waals surface area contributed by atoms with Gasteiger partial charge in [0.15, 0.2) is 10.7 Å². The van der Waals surface area contributed by atoms with Gasteiger partial charge in [-0.3, -0.25) is 9.20 Å². The fourth-order valence-electron chi connectivity index (χ4n) is 1.80. The van der Waals surface area contributed by atoms with Gasteiger partial charge in [0.2, 0.25) is 0 Å². The second-order valence-electron chi connectivity index (χ2n) is 3.82. The molecule has 0 aromatic carbocycles. The number of aryl methyl sites for hydroxylation is 1. The van der Waals surface area contributed by atoms with Gasteiger partial charge in [-0.25, -0.2) is 4.98 Å². The number of hydrogen-bond donors (Lipinski definition) is 0. The maximum absolute atomic E-state index is 12.0. The van der Waals surface area contributed by atoms with Crippen LogP contribution in [0, 0.1) is 6.92 Å².